The Morgan fingerprint density at radius 1 is 0.962 bits per heavy atom. The number of rotatable bonds is 3. The predicted octanol–water partition coefficient (Wildman–Crippen LogP) is 5.83. The van der Waals surface area contributed by atoms with Crippen LogP contribution in [0.25, 0.3) is 5.57 Å². The van der Waals surface area contributed by atoms with Gasteiger partial charge in [-0.1, -0.05) is 48.4 Å². The summed E-state index contributed by atoms with van der Waals surface area (Å²) in [7, 11) is 0. The van der Waals surface area contributed by atoms with Gasteiger partial charge in [0.1, 0.15) is 5.75 Å². The van der Waals surface area contributed by atoms with Crippen LogP contribution in [0.1, 0.15) is 36.8 Å². The first-order valence-corrected chi connectivity index (χ1v) is 9.61. The number of hydrogen-bond acceptors (Lipinski definition) is 2. The molecule has 2 aliphatic heterocycles. The monoisotopic (exact) mass is 389 g/mol. The molecule has 0 aliphatic carbocycles. The van der Waals surface area contributed by atoms with Crippen molar-refractivity contribution in [2.75, 3.05) is 26.2 Å². The molecule has 0 spiro atoms. The van der Waals surface area contributed by atoms with E-state index in [-0.39, 0.29) is 12.4 Å². The van der Waals surface area contributed by atoms with E-state index in [1.54, 1.807) is 0 Å². The van der Waals surface area contributed by atoms with Crippen molar-refractivity contribution in [1.29, 1.82) is 0 Å². The molecule has 0 radical (unpaired) electrons. The van der Waals surface area contributed by atoms with Crippen LogP contribution in [0.2, 0.25) is 5.02 Å². The van der Waals surface area contributed by atoms with Gasteiger partial charge in [0.25, 0.3) is 0 Å². The van der Waals surface area contributed by atoms with Gasteiger partial charge in [0, 0.05) is 23.6 Å². The highest BCUT2D eigenvalue weighted by molar-refractivity contribution is 6.30. The third-order valence-corrected chi connectivity index (χ3v) is 5.39. The van der Waals surface area contributed by atoms with E-state index in [2.05, 4.69) is 41.3 Å². The van der Waals surface area contributed by atoms with Crippen LogP contribution in [0, 0.1) is 0 Å². The second-order valence-electron chi connectivity index (χ2n) is 6.92. The highest BCUT2D eigenvalue weighted by Gasteiger charge is 2.22. The van der Waals surface area contributed by atoms with Crippen molar-refractivity contribution < 1.29 is 4.74 Å². The van der Waals surface area contributed by atoms with Gasteiger partial charge in [0.2, 0.25) is 0 Å². The summed E-state index contributed by atoms with van der Waals surface area (Å²) >= 11 is 6.21. The lowest BCUT2D eigenvalue weighted by Crippen LogP contribution is -2.32. The third kappa shape index (κ3) is 4.25. The van der Waals surface area contributed by atoms with Crippen molar-refractivity contribution in [3.63, 3.8) is 0 Å². The van der Waals surface area contributed by atoms with Crippen molar-refractivity contribution >= 4 is 29.6 Å². The number of halogens is 2. The van der Waals surface area contributed by atoms with E-state index in [0.29, 0.717) is 6.61 Å². The maximum atomic E-state index is 6.21. The third-order valence-electron chi connectivity index (χ3n) is 5.15. The SMILES string of the molecule is Cl.Clc1ccc2c(c1)OCCC(CN1CCCCC1)=C2c1ccccc1. The first-order valence-electron chi connectivity index (χ1n) is 9.24. The zero-order chi connectivity index (χ0) is 17.1. The number of fused-ring (bicyclic) bond motifs is 1. The number of likely N-dealkylation sites (tertiary alicyclic amines) is 1. The zero-order valence-electron chi connectivity index (χ0n) is 14.9. The predicted molar refractivity (Wildman–Crippen MR) is 112 cm³/mol. The highest BCUT2D eigenvalue weighted by atomic mass is 35.5. The summed E-state index contributed by atoms with van der Waals surface area (Å²) in [5.74, 6) is 0.903. The molecular weight excluding hydrogens is 365 g/mol. The average molecular weight is 390 g/mol. The topological polar surface area (TPSA) is 12.5 Å². The molecule has 2 heterocycles. The first kappa shape index (κ1) is 19.3. The number of benzene rings is 2. The van der Waals surface area contributed by atoms with Crippen LogP contribution in [-0.4, -0.2) is 31.1 Å². The summed E-state index contributed by atoms with van der Waals surface area (Å²) in [6, 6.07) is 16.7. The molecule has 2 aliphatic rings. The molecule has 0 atom stereocenters. The summed E-state index contributed by atoms with van der Waals surface area (Å²) in [4.78, 5) is 2.60. The maximum absolute atomic E-state index is 6.21. The fourth-order valence-electron chi connectivity index (χ4n) is 3.93. The zero-order valence-corrected chi connectivity index (χ0v) is 16.5. The molecule has 1 saturated heterocycles. The van der Waals surface area contributed by atoms with E-state index >= 15 is 0 Å². The van der Waals surface area contributed by atoms with Gasteiger partial charge < -0.3 is 4.74 Å². The molecule has 2 aromatic carbocycles. The molecule has 2 aromatic rings. The fraction of sp³-hybridized carbons (Fsp3) is 0.364. The normalized spacial score (nSPS) is 17.7. The minimum atomic E-state index is 0. The average Bonchev–Trinajstić information content (AvgIpc) is 2.82. The molecule has 4 rings (SSSR count). The Bertz CT molecular complexity index is 767. The van der Waals surface area contributed by atoms with Gasteiger partial charge in [0.15, 0.2) is 0 Å². The largest absolute Gasteiger partial charge is 0.493 e. The Balaban J connectivity index is 0.00000196. The number of piperidine rings is 1. The van der Waals surface area contributed by atoms with E-state index in [4.69, 9.17) is 16.3 Å². The lowest BCUT2D eigenvalue weighted by Gasteiger charge is -2.28. The molecule has 26 heavy (non-hydrogen) atoms. The van der Waals surface area contributed by atoms with E-state index in [9.17, 15) is 0 Å². The maximum Gasteiger partial charge on any atom is 0.128 e. The Labute approximate surface area is 167 Å². The van der Waals surface area contributed by atoms with E-state index in [1.807, 2.05) is 12.1 Å². The summed E-state index contributed by atoms with van der Waals surface area (Å²) in [5, 5.41) is 0.727. The Hall–Kier alpha value is -1.48. The van der Waals surface area contributed by atoms with Gasteiger partial charge in [-0.25, -0.2) is 0 Å². The molecule has 0 amide bonds. The summed E-state index contributed by atoms with van der Waals surface area (Å²) in [5.41, 5.74) is 5.24. The molecule has 0 aromatic heterocycles. The summed E-state index contributed by atoms with van der Waals surface area (Å²) in [6.45, 7) is 4.17. The van der Waals surface area contributed by atoms with Crippen molar-refractivity contribution in [2.45, 2.75) is 25.7 Å². The number of nitrogens with zero attached hydrogens (tertiary/aromatic N) is 1. The van der Waals surface area contributed by atoms with Crippen LogP contribution in [-0.2, 0) is 0 Å². The minimum absolute atomic E-state index is 0. The van der Waals surface area contributed by atoms with E-state index < -0.39 is 0 Å². The molecule has 0 N–H and O–H groups in total. The van der Waals surface area contributed by atoms with Crippen molar-refractivity contribution in [3.8, 4) is 5.75 Å². The molecule has 1 fully saturated rings. The van der Waals surface area contributed by atoms with Gasteiger partial charge in [-0.15, -0.1) is 12.4 Å². The lowest BCUT2D eigenvalue weighted by molar-refractivity contribution is 0.241. The number of ether oxygens (including phenoxy) is 1. The Morgan fingerprint density at radius 3 is 2.50 bits per heavy atom. The van der Waals surface area contributed by atoms with Crippen LogP contribution < -0.4 is 4.74 Å². The standard InChI is InChI=1S/C22H24ClNO.ClH/c23-19-9-10-20-21(15-19)25-14-11-18(16-24-12-5-2-6-13-24)22(20)17-7-3-1-4-8-17;/h1,3-4,7-10,15H,2,5-6,11-14,16H2;1H. The Morgan fingerprint density at radius 2 is 1.73 bits per heavy atom. The van der Waals surface area contributed by atoms with E-state index in [1.165, 1.54) is 54.6 Å². The smallest absolute Gasteiger partial charge is 0.128 e. The van der Waals surface area contributed by atoms with Gasteiger partial charge in [-0.05, 0) is 60.8 Å². The van der Waals surface area contributed by atoms with E-state index in [0.717, 1.165) is 23.7 Å². The number of hydrogen-bond donors (Lipinski definition) is 0. The quantitative estimate of drug-likeness (QED) is 0.654. The Kier molecular flexibility index (Phi) is 6.63. The molecule has 0 unspecified atom stereocenters. The van der Waals surface area contributed by atoms with Gasteiger partial charge >= 0.3 is 0 Å². The van der Waals surface area contributed by atoms with Crippen LogP contribution >= 0.6 is 24.0 Å². The second kappa shape index (κ2) is 8.94. The minimum Gasteiger partial charge on any atom is -0.493 e. The highest BCUT2D eigenvalue weighted by Crippen LogP contribution is 2.38. The second-order valence-corrected chi connectivity index (χ2v) is 7.36. The van der Waals surface area contributed by atoms with Crippen LogP contribution in [0.4, 0.5) is 0 Å². The summed E-state index contributed by atoms with van der Waals surface area (Å²) < 4.78 is 6.06. The van der Waals surface area contributed by atoms with Crippen LogP contribution in [0.3, 0.4) is 0 Å². The summed E-state index contributed by atoms with van der Waals surface area (Å²) in [6.07, 6.45) is 4.96. The van der Waals surface area contributed by atoms with Gasteiger partial charge in [0.05, 0.1) is 6.61 Å². The molecule has 4 heteroatoms. The molecule has 0 saturated carbocycles. The van der Waals surface area contributed by atoms with Crippen LogP contribution in [0.5, 0.6) is 5.75 Å². The molecule has 138 valence electrons. The first-order chi connectivity index (χ1) is 12.3. The van der Waals surface area contributed by atoms with Crippen LogP contribution in [0.15, 0.2) is 54.1 Å². The fourth-order valence-corrected chi connectivity index (χ4v) is 4.09. The molecule has 2 nitrogen and oxygen atoms in total. The molecular formula is C22H25Cl2NO. The van der Waals surface area contributed by atoms with Crippen molar-refractivity contribution in [3.05, 3.63) is 70.3 Å². The van der Waals surface area contributed by atoms with Crippen molar-refractivity contribution in [2.24, 2.45) is 0 Å². The van der Waals surface area contributed by atoms with Crippen molar-refractivity contribution in [1.82, 2.24) is 4.90 Å². The lowest BCUT2D eigenvalue weighted by atomic mass is 9.91. The van der Waals surface area contributed by atoms with Gasteiger partial charge in [-0.3, -0.25) is 4.90 Å². The molecule has 0 bridgehead atoms. The van der Waals surface area contributed by atoms with Gasteiger partial charge in [-0.2, -0.15) is 0 Å².